The van der Waals surface area contributed by atoms with Crippen molar-refractivity contribution in [2.45, 2.75) is 131 Å². The molecule has 4 rings (SSSR count). The topological polar surface area (TPSA) is 20.2 Å². The molecule has 0 aliphatic heterocycles. The van der Waals surface area contributed by atoms with Gasteiger partial charge in [0.2, 0.25) is 0 Å². The predicted molar refractivity (Wildman–Crippen MR) is 133 cm³/mol. The minimum absolute atomic E-state index is 0.0799. The van der Waals surface area contributed by atoms with Crippen LogP contribution in [-0.2, 0) is 0 Å². The third-order valence-electron chi connectivity index (χ3n) is 11.3. The van der Waals surface area contributed by atoms with Crippen LogP contribution in [0.1, 0.15) is 125 Å². The summed E-state index contributed by atoms with van der Waals surface area (Å²) in [6.07, 6.45) is 19.8. The molecule has 4 aliphatic carbocycles. The second-order valence-electron chi connectivity index (χ2n) is 13.7. The quantitative estimate of drug-likeness (QED) is 0.403. The first-order valence-electron chi connectivity index (χ1n) is 14.0. The molecule has 0 spiro atoms. The van der Waals surface area contributed by atoms with Crippen molar-refractivity contribution in [3.8, 4) is 0 Å². The summed E-state index contributed by atoms with van der Waals surface area (Å²) in [5, 5.41) is 10.3. The molecule has 178 valence electrons. The van der Waals surface area contributed by atoms with Crippen LogP contribution in [0.2, 0.25) is 0 Å². The van der Waals surface area contributed by atoms with Gasteiger partial charge >= 0.3 is 0 Å². The molecule has 1 N–H and O–H groups in total. The maximum absolute atomic E-state index is 10.3. The zero-order valence-corrected chi connectivity index (χ0v) is 21.7. The van der Waals surface area contributed by atoms with Crippen LogP contribution in [0, 0.1) is 45.8 Å². The highest BCUT2D eigenvalue weighted by Crippen LogP contribution is 2.67. The highest BCUT2D eigenvalue weighted by Gasteiger charge is 2.59. The maximum Gasteiger partial charge on any atom is 0.0577 e. The fraction of sp³-hybridized carbons (Fsp3) is 0.933. The largest absolute Gasteiger partial charge is 0.393 e. The summed E-state index contributed by atoms with van der Waals surface area (Å²) in [5.41, 5.74) is 3.12. The first-order chi connectivity index (χ1) is 14.6. The summed E-state index contributed by atoms with van der Waals surface area (Å²) in [4.78, 5) is 0. The summed E-state index contributed by atoms with van der Waals surface area (Å²) < 4.78 is 0. The Morgan fingerprint density at radius 3 is 2.58 bits per heavy atom. The summed E-state index contributed by atoms with van der Waals surface area (Å²) >= 11 is 0. The van der Waals surface area contributed by atoms with Crippen molar-refractivity contribution in [1.82, 2.24) is 0 Å². The number of allylic oxidation sites excluding steroid dienone is 1. The number of rotatable bonds is 7. The van der Waals surface area contributed by atoms with E-state index >= 15 is 0 Å². The molecule has 0 heterocycles. The molecule has 3 unspecified atom stereocenters. The van der Waals surface area contributed by atoms with Gasteiger partial charge in [0, 0.05) is 0 Å². The van der Waals surface area contributed by atoms with Crippen LogP contribution < -0.4 is 0 Å². The van der Waals surface area contributed by atoms with E-state index in [0.29, 0.717) is 16.2 Å². The Labute approximate surface area is 193 Å². The highest BCUT2D eigenvalue weighted by atomic mass is 16.3. The maximum atomic E-state index is 10.3. The van der Waals surface area contributed by atoms with Crippen molar-refractivity contribution in [3.63, 3.8) is 0 Å². The number of aliphatic hydroxyl groups is 1. The molecule has 0 aromatic carbocycles. The van der Waals surface area contributed by atoms with Crippen molar-refractivity contribution in [1.29, 1.82) is 0 Å². The van der Waals surface area contributed by atoms with E-state index in [4.69, 9.17) is 0 Å². The summed E-state index contributed by atoms with van der Waals surface area (Å²) in [7, 11) is 0. The van der Waals surface area contributed by atoms with Crippen LogP contribution in [0.25, 0.3) is 0 Å². The molecular formula is C30H52O. The van der Waals surface area contributed by atoms with Gasteiger partial charge in [-0.25, -0.2) is 0 Å². The number of fused-ring (bicyclic) bond motifs is 5. The summed E-state index contributed by atoms with van der Waals surface area (Å²) in [6.45, 7) is 15.2. The van der Waals surface area contributed by atoms with Crippen LogP contribution in [0.4, 0.5) is 0 Å². The number of hydrogen-bond donors (Lipinski definition) is 1. The minimum Gasteiger partial charge on any atom is -0.393 e. The Balaban J connectivity index is 1.42. The van der Waals surface area contributed by atoms with E-state index in [9.17, 15) is 5.11 Å². The lowest BCUT2D eigenvalue weighted by Gasteiger charge is -2.58. The number of aliphatic hydroxyl groups excluding tert-OH is 1. The van der Waals surface area contributed by atoms with Crippen molar-refractivity contribution in [3.05, 3.63) is 11.6 Å². The Morgan fingerprint density at radius 2 is 1.84 bits per heavy atom. The van der Waals surface area contributed by atoms with Gasteiger partial charge in [0.1, 0.15) is 0 Å². The zero-order chi connectivity index (χ0) is 22.4. The van der Waals surface area contributed by atoms with Crippen LogP contribution in [0.3, 0.4) is 0 Å². The van der Waals surface area contributed by atoms with E-state index in [1.165, 1.54) is 70.6 Å². The SMILES string of the molecule is CCCC(C)(C)CCC[C@@H](C)C1CCC2[C@@H]3CC=C4C[C@@H](O)CC[C@]4(C)C3CC[C@@]21C. The van der Waals surface area contributed by atoms with Gasteiger partial charge in [-0.1, -0.05) is 72.5 Å². The monoisotopic (exact) mass is 428 g/mol. The Kier molecular flexibility index (Phi) is 6.78. The zero-order valence-electron chi connectivity index (χ0n) is 21.7. The van der Waals surface area contributed by atoms with Gasteiger partial charge in [-0.15, -0.1) is 0 Å². The van der Waals surface area contributed by atoms with E-state index in [2.05, 4.69) is 47.6 Å². The molecule has 31 heavy (non-hydrogen) atoms. The predicted octanol–water partition coefficient (Wildman–Crippen LogP) is 8.56. The molecule has 0 saturated heterocycles. The fourth-order valence-electron chi connectivity index (χ4n) is 9.52. The molecule has 0 radical (unpaired) electrons. The average molecular weight is 429 g/mol. The van der Waals surface area contributed by atoms with Gasteiger partial charge in [-0.3, -0.25) is 0 Å². The molecule has 1 nitrogen and oxygen atoms in total. The van der Waals surface area contributed by atoms with Crippen molar-refractivity contribution >= 4 is 0 Å². The molecule has 0 aromatic heterocycles. The lowest BCUT2D eigenvalue weighted by molar-refractivity contribution is -0.0573. The van der Waals surface area contributed by atoms with Gasteiger partial charge in [-0.2, -0.15) is 0 Å². The lowest BCUT2D eigenvalue weighted by atomic mass is 9.47. The van der Waals surface area contributed by atoms with Gasteiger partial charge in [0.05, 0.1) is 6.10 Å². The van der Waals surface area contributed by atoms with Gasteiger partial charge in [0.15, 0.2) is 0 Å². The second-order valence-corrected chi connectivity index (χ2v) is 13.7. The summed E-state index contributed by atoms with van der Waals surface area (Å²) in [6, 6.07) is 0. The molecule has 3 fully saturated rings. The van der Waals surface area contributed by atoms with E-state index in [1.54, 1.807) is 5.57 Å². The Bertz CT molecular complexity index is 661. The van der Waals surface area contributed by atoms with E-state index in [0.717, 1.165) is 42.4 Å². The van der Waals surface area contributed by atoms with Crippen molar-refractivity contribution in [2.75, 3.05) is 0 Å². The molecule has 0 aromatic rings. The standard InChI is InChI=1S/C30H52O/c1-7-16-28(3,4)17-8-9-21(2)25-12-13-26-24-11-10-22-20-23(31)14-18-29(22,5)27(24)15-19-30(25,26)6/h10,21,23-27,31H,7-9,11-20H2,1-6H3/t21-,23+,24+,25?,26?,27?,29+,30-/m1/s1. The van der Waals surface area contributed by atoms with Crippen LogP contribution >= 0.6 is 0 Å². The molecule has 1 heteroatoms. The highest BCUT2D eigenvalue weighted by molar-refractivity contribution is 5.25. The minimum atomic E-state index is -0.0799. The van der Waals surface area contributed by atoms with E-state index in [-0.39, 0.29) is 6.10 Å². The van der Waals surface area contributed by atoms with Crippen molar-refractivity contribution in [2.24, 2.45) is 45.8 Å². The number of hydrogen-bond acceptors (Lipinski definition) is 1. The van der Waals surface area contributed by atoms with E-state index < -0.39 is 0 Å². The molecule has 0 bridgehead atoms. The van der Waals surface area contributed by atoms with Crippen LogP contribution in [-0.4, -0.2) is 11.2 Å². The molecule has 4 aliphatic rings. The fourth-order valence-corrected chi connectivity index (χ4v) is 9.52. The van der Waals surface area contributed by atoms with Crippen molar-refractivity contribution < 1.29 is 5.11 Å². The average Bonchev–Trinajstić information content (AvgIpc) is 3.05. The Hall–Kier alpha value is -0.300. The summed E-state index contributed by atoms with van der Waals surface area (Å²) in [5.74, 6) is 4.56. The third kappa shape index (κ3) is 4.31. The first kappa shape index (κ1) is 23.8. The third-order valence-corrected chi connectivity index (χ3v) is 11.3. The first-order valence-corrected chi connectivity index (χ1v) is 14.0. The normalized spacial score (nSPS) is 43.6. The molecule has 0 amide bonds. The van der Waals surface area contributed by atoms with E-state index in [1.807, 2.05) is 0 Å². The molecule has 3 saturated carbocycles. The van der Waals surface area contributed by atoms with Gasteiger partial charge in [-0.05, 0) is 110 Å². The Morgan fingerprint density at radius 1 is 1.06 bits per heavy atom. The smallest absolute Gasteiger partial charge is 0.0577 e. The second kappa shape index (κ2) is 8.81. The van der Waals surface area contributed by atoms with Gasteiger partial charge in [0.25, 0.3) is 0 Å². The van der Waals surface area contributed by atoms with Gasteiger partial charge < -0.3 is 5.11 Å². The molecular weight excluding hydrogens is 376 g/mol. The lowest BCUT2D eigenvalue weighted by Crippen LogP contribution is -2.50. The molecule has 8 atom stereocenters. The van der Waals surface area contributed by atoms with Crippen LogP contribution in [0.5, 0.6) is 0 Å². The van der Waals surface area contributed by atoms with Crippen LogP contribution in [0.15, 0.2) is 11.6 Å².